The lowest BCUT2D eigenvalue weighted by Gasteiger charge is -2.13. The van der Waals surface area contributed by atoms with E-state index >= 15 is 0 Å². The van der Waals surface area contributed by atoms with Crippen molar-refractivity contribution < 1.29 is 5.11 Å². The van der Waals surface area contributed by atoms with E-state index in [-0.39, 0.29) is 0 Å². The standard InChI is InChI=1S/C13H18N2O/c1-8-7-12(9(2)15-14-8)13(16)10-5-3-4-6-11(10)13/h7,10-11,16H,3-6H2,1-2H3. The fourth-order valence-corrected chi connectivity index (χ4v) is 3.45. The Morgan fingerprint density at radius 3 is 2.44 bits per heavy atom. The van der Waals surface area contributed by atoms with Crippen molar-refractivity contribution in [1.29, 1.82) is 0 Å². The van der Waals surface area contributed by atoms with E-state index in [2.05, 4.69) is 10.2 Å². The third-order valence-electron chi connectivity index (χ3n) is 4.32. The van der Waals surface area contributed by atoms with Crippen LogP contribution in [0.2, 0.25) is 0 Å². The third kappa shape index (κ3) is 1.24. The van der Waals surface area contributed by atoms with Gasteiger partial charge in [0.2, 0.25) is 0 Å². The molecule has 2 fully saturated rings. The first kappa shape index (κ1) is 10.2. The zero-order chi connectivity index (χ0) is 11.3. The Labute approximate surface area is 95.9 Å². The number of hydrogen-bond acceptors (Lipinski definition) is 3. The van der Waals surface area contributed by atoms with Crippen molar-refractivity contribution in [3.05, 3.63) is 23.0 Å². The molecule has 1 aromatic heterocycles. The van der Waals surface area contributed by atoms with E-state index < -0.39 is 5.60 Å². The molecule has 0 aromatic carbocycles. The Morgan fingerprint density at radius 1 is 1.19 bits per heavy atom. The summed E-state index contributed by atoms with van der Waals surface area (Å²) in [6.07, 6.45) is 4.87. The van der Waals surface area contributed by atoms with Gasteiger partial charge in [-0.15, -0.1) is 0 Å². The molecule has 16 heavy (non-hydrogen) atoms. The largest absolute Gasteiger partial charge is 0.384 e. The maximum Gasteiger partial charge on any atom is 0.0978 e. The van der Waals surface area contributed by atoms with Crippen molar-refractivity contribution in [2.24, 2.45) is 11.8 Å². The van der Waals surface area contributed by atoms with Crippen molar-refractivity contribution >= 4 is 0 Å². The lowest BCUT2D eigenvalue weighted by atomic mass is 10.0. The summed E-state index contributed by atoms with van der Waals surface area (Å²) in [6.45, 7) is 3.88. The zero-order valence-electron chi connectivity index (χ0n) is 9.90. The highest BCUT2D eigenvalue weighted by atomic mass is 16.3. The molecule has 0 spiro atoms. The van der Waals surface area contributed by atoms with Gasteiger partial charge in [0.05, 0.1) is 17.0 Å². The molecule has 3 rings (SSSR count). The molecular formula is C13H18N2O. The van der Waals surface area contributed by atoms with E-state index in [1.165, 1.54) is 25.7 Å². The normalized spacial score (nSPS) is 36.9. The van der Waals surface area contributed by atoms with Gasteiger partial charge in [-0.05, 0) is 44.6 Å². The molecule has 1 heterocycles. The Balaban J connectivity index is 2.01. The van der Waals surface area contributed by atoms with Crippen LogP contribution in [0.15, 0.2) is 6.07 Å². The molecule has 86 valence electrons. The summed E-state index contributed by atoms with van der Waals surface area (Å²) in [5.41, 5.74) is 2.23. The summed E-state index contributed by atoms with van der Waals surface area (Å²) >= 11 is 0. The van der Waals surface area contributed by atoms with Crippen LogP contribution in [0.1, 0.15) is 42.6 Å². The Bertz CT molecular complexity index is 418. The van der Waals surface area contributed by atoms with Gasteiger partial charge in [-0.3, -0.25) is 0 Å². The van der Waals surface area contributed by atoms with Gasteiger partial charge in [0.25, 0.3) is 0 Å². The average molecular weight is 218 g/mol. The maximum atomic E-state index is 10.8. The van der Waals surface area contributed by atoms with Crippen molar-refractivity contribution in [1.82, 2.24) is 10.2 Å². The summed E-state index contributed by atoms with van der Waals surface area (Å²) in [5, 5.41) is 19.0. The van der Waals surface area contributed by atoms with Crippen LogP contribution < -0.4 is 0 Å². The number of nitrogens with zero attached hydrogens (tertiary/aromatic N) is 2. The summed E-state index contributed by atoms with van der Waals surface area (Å²) < 4.78 is 0. The average Bonchev–Trinajstić information content (AvgIpc) is 2.90. The third-order valence-corrected chi connectivity index (χ3v) is 4.32. The van der Waals surface area contributed by atoms with E-state index in [4.69, 9.17) is 0 Å². The number of hydrogen-bond donors (Lipinski definition) is 1. The second-order valence-electron chi connectivity index (χ2n) is 5.31. The van der Waals surface area contributed by atoms with Crippen LogP contribution in [0.25, 0.3) is 0 Å². The first-order valence-corrected chi connectivity index (χ1v) is 6.18. The van der Waals surface area contributed by atoms with Crippen LogP contribution >= 0.6 is 0 Å². The summed E-state index contributed by atoms with van der Waals surface area (Å²) in [4.78, 5) is 0. The minimum absolute atomic E-state index is 0.476. The van der Waals surface area contributed by atoms with Gasteiger partial charge in [0, 0.05) is 5.56 Å². The Morgan fingerprint density at radius 2 is 1.81 bits per heavy atom. The van der Waals surface area contributed by atoms with Gasteiger partial charge < -0.3 is 5.11 Å². The smallest absolute Gasteiger partial charge is 0.0978 e. The fourth-order valence-electron chi connectivity index (χ4n) is 3.45. The molecule has 2 aliphatic carbocycles. The lowest BCUT2D eigenvalue weighted by Crippen LogP contribution is -2.14. The van der Waals surface area contributed by atoms with Crippen molar-refractivity contribution in [2.45, 2.75) is 45.1 Å². The summed E-state index contributed by atoms with van der Waals surface area (Å²) in [7, 11) is 0. The molecule has 0 radical (unpaired) electrons. The minimum Gasteiger partial charge on any atom is -0.384 e. The summed E-state index contributed by atoms with van der Waals surface area (Å²) in [5.74, 6) is 0.951. The predicted molar refractivity (Wildman–Crippen MR) is 60.9 cm³/mol. The first-order valence-electron chi connectivity index (χ1n) is 6.18. The molecule has 0 aliphatic heterocycles. The van der Waals surface area contributed by atoms with E-state index in [0.717, 1.165) is 17.0 Å². The van der Waals surface area contributed by atoms with Gasteiger partial charge in [-0.2, -0.15) is 10.2 Å². The molecule has 2 atom stereocenters. The highest BCUT2D eigenvalue weighted by Crippen LogP contribution is 2.64. The molecule has 0 bridgehead atoms. The summed E-state index contributed by atoms with van der Waals surface area (Å²) in [6, 6.07) is 2.01. The van der Waals surface area contributed by atoms with Gasteiger partial charge in [0.15, 0.2) is 0 Å². The number of aromatic nitrogens is 2. The van der Waals surface area contributed by atoms with Crippen LogP contribution in [0, 0.1) is 25.7 Å². The zero-order valence-corrected chi connectivity index (χ0v) is 9.90. The van der Waals surface area contributed by atoms with Crippen LogP contribution in [0.5, 0.6) is 0 Å². The quantitative estimate of drug-likeness (QED) is 0.785. The molecule has 2 aliphatic rings. The maximum absolute atomic E-state index is 10.8. The highest BCUT2D eigenvalue weighted by molar-refractivity contribution is 5.36. The molecular weight excluding hydrogens is 200 g/mol. The van der Waals surface area contributed by atoms with E-state index in [1.54, 1.807) is 0 Å². The van der Waals surface area contributed by atoms with Crippen LogP contribution in [-0.4, -0.2) is 15.3 Å². The Hall–Kier alpha value is -0.960. The van der Waals surface area contributed by atoms with Crippen molar-refractivity contribution in [2.75, 3.05) is 0 Å². The van der Waals surface area contributed by atoms with E-state index in [9.17, 15) is 5.11 Å². The molecule has 2 saturated carbocycles. The fraction of sp³-hybridized carbons (Fsp3) is 0.692. The van der Waals surface area contributed by atoms with Crippen LogP contribution in [0.4, 0.5) is 0 Å². The topological polar surface area (TPSA) is 46.0 Å². The second-order valence-corrected chi connectivity index (χ2v) is 5.31. The number of aliphatic hydroxyl groups is 1. The van der Waals surface area contributed by atoms with E-state index in [1.807, 2.05) is 19.9 Å². The SMILES string of the molecule is Cc1cc(C2(O)C3CCCCC32)c(C)nn1. The molecule has 3 heteroatoms. The molecule has 0 amide bonds. The molecule has 1 N–H and O–H groups in total. The van der Waals surface area contributed by atoms with Crippen molar-refractivity contribution in [3.8, 4) is 0 Å². The van der Waals surface area contributed by atoms with Crippen molar-refractivity contribution in [3.63, 3.8) is 0 Å². The van der Waals surface area contributed by atoms with Gasteiger partial charge in [0.1, 0.15) is 0 Å². The number of rotatable bonds is 1. The lowest BCUT2D eigenvalue weighted by molar-refractivity contribution is 0.116. The second kappa shape index (κ2) is 3.27. The van der Waals surface area contributed by atoms with Gasteiger partial charge in [-0.1, -0.05) is 12.8 Å². The molecule has 2 unspecified atom stereocenters. The number of fused-ring (bicyclic) bond motifs is 1. The highest BCUT2D eigenvalue weighted by Gasteiger charge is 2.65. The number of aryl methyl sites for hydroxylation is 2. The predicted octanol–water partition coefficient (Wildman–Crippen LogP) is 2.10. The molecule has 1 aromatic rings. The molecule has 3 nitrogen and oxygen atoms in total. The molecule has 0 saturated heterocycles. The van der Waals surface area contributed by atoms with Crippen LogP contribution in [-0.2, 0) is 5.60 Å². The Kier molecular flexibility index (Phi) is 2.08. The first-order chi connectivity index (χ1) is 7.64. The van der Waals surface area contributed by atoms with Gasteiger partial charge in [-0.25, -0.2) is 0 Å². The monoisotopic (exact) mass is 218 g/mol. The van der Waals surface area contributed by atoms with Crippen LogP contribution in [0.3, 0.4) is 0 Å². The van der Waals surface area contributed by atoms with E-state index in [0.29, 0.717) is 11.8 Å². The minimum atomic E-state index is -0.582. The van der Waals surface area contributed by atoms with Gasteiger partial charge >= 0.3 is 0 Å².